The number of rotatable bonds is 5. The molecule has 0 fully saturated rings. The standard InChI is InChI=1S/C16H18Br2N2O/c1-10-3-6-16(21-2)11(7-10)8-15(20-19)13-9-12(17)4-5-14(13)18/h3-7,9,15,20H,8,19H2,1-2H3. The molecule has 0 bridgehead atoms. The van der Waals surface area contributed by atoms with Crippen molar-refractivity contribution in [2.45, 2.75) is 19.4 Å². The van der Waals surface area contributed by atoms with Crippen molar-refractivity contribution in [1.29, 1.82) is 0 Å². The molecule has 112 valence electrons. The van der Waals surface area contributed by atoms with Crippen molar-refractivity contribution < 1.29 is 4.74 Å². The molecule has 2 aromatic rings. The van der Waals surface area contributed by atoms with E-state index in [1.807, 2.05) is 24.3 Å². The van der Waals surface area contributed by atoms with Gasteiger partial charge in [-0.3, -0.25) is 11.3 Å². The van der Waals surface area contributed by atoms with Crippen LogP contribution in [-0.4, -0.2) is 7.11 Å². The maximum atomic E-state index is 5.77. The van der Waals surface area contributed by atoms with Gasteiger partial charge in [0.25, 0.3) is 0 Å². The van der Waals surface area contributed by atoms with Gasteiger partial charge in [-0.15, -0.1) is 0 Å². The minimum atomic E-state index is -0.00688. The molecule has 21 heavy (non-hydrogen) atoms. The minimum absolute atomic E-state index is 0.00688. The van der Waals surface area contributed by atoms with E-state index in [0.717, 1.165) is 32.2 Å². The largest absolute Gasteiger partial charge is 0.496 e. The van der Waals surface area contributed by atoms with E-state index < -0.39 is 0 Å². The Bertz CT molecular complexity index is 632. The second-order valence-electron chi connectivity index (χ2n) is 4.90. The molecule has 0 saturated carbocycles. The summed E-state index contributed by atoms with van der Waals surface area (Å²) in [6.45, 7) is 2.07. The lowest BCUT2D eigenvalue weighted by Gasteiger charge is -2.20. The van der Waals surface area contributed by atoms with Gasteiger partial charge in [-0.25, -0.2) is 0 Å². The number of hydrogen-bond acceptors (Lipinski definition) is 3. The van der Waals surface area contributed by atoms with Gasteiger partial charge in [0.2, 0.25) is 0 Å². The third kappa shape index (κ3) is 4.07. The van der Waals surface area contributed by atoms with Gasteiger partial charge in [-0.2, -0.15) is 0 Å². The van der Waals surface area contributed by atoms with Crippen LogP contribution in [0.25, 0.3) is 0 Å². The van der Waals surface area contributed by atoms with Crippen LogP contribution in [0.4, 0.5) is 0 Å². The molecule has 3 nitrogen and oxygen atoms in total. The van der Waals surface area contributed by atoms with Crippen molar-refractivity contribution in [2.24, 2.45) is 5.84 Å². The highest BCUT2D eigenvalue weighted by molar-refractivity contribution is 9.11. The number of ether oxygens (including phenoxy) is 1. The van der Waals surface area contributed by atoms with Crippen LogP contribution in [0.1, 0.15) is 22.7 Å². The molecule has 1 atom stereocenters. The number of benzene rings is 2. The first-order valence-corrected chi connectivity index (χ1v) is 8.18. The maximum absolute atomic E-state index is 5.77. The molecule has 0 radical (unpaired) electrons. The lowest BCUT2D eigenvalue weighted by atomic mass is 9.97. The summed E-state index contributed by atoms with van der Waals surface area (Å²) in [4.78, 5) is 0. The number of nitrogens with two attached hydrogens (primary N) is 1. The second kappa shape index (κ2) is 7.40. The van der Waals surface area contributed by atoms with Crippen molar-refractivity contribution in [2.75, 3.05) is 7.11 Å². The van der Waals surface area contributed by atoms with Crippen molar-refractivity contribution in [3.05, 3.63) is 62.0 Å². The highest BCUT2D eigenvalue weighted by Crippen LogP contribution is 2.31. The Hall–Kier alpha value is -0.880. The number of nitrogens with one attached hydrogen (secondary N) is 1. The molecule has 1 unspecified atom stereocenters. The predicted octanol–water partition coefficient (Wildman–Crippen LogP) is 4.28. The fourth-order valence-corrected chi connectivity index (χ4v) is 3.23. The maximum Gasteiger partial charge on any atom is 0.122 e. The number of hydrazine groups is 1. The van der Waals surface area contributed by atoms with Gasteiger partial charge in [0, 0.05) is 8.95 Å². The Morgan fingerprint density at radius 1 is 1.19 bits per heavy atom. The Kier molecular flexibility index (Phi) is 5.81. The Balaban J connectivity index is 2.35. The molecule has 3 N–H and O–H groups in total. The van der Waals surface area contributed by atoms with Crippen molar-refractivity contribution in [3.63, 3.8) is 0 Å². The van der Waals surface area contributed by atoms with Gasteiger partial charge in [-0.05, 0) is 48.7 Å². The van der Waals surface area contributed by atoms with E-state index in [4.69, 9.17) is 10.6 Å². The van der Waals surface area contributed by atoms with Crippen molar-refractivity contribution in [3.8, 4) is 5.75 Å². The smallest absolute Gasteiger partial charge is 0.122 e. The minimum Gasteiger partial charge on any atom is -0.496 e. The number of hydrogen-bond donors (Lipinski definition) is 2. The van der Waals surface area contributed by atoms with Crippen LogP contribution in [0, 0.1) is 6.92 Å². The van der Waals surface area contributed by atoms with Gasteiger partial charge in [-0.1, -0.05) is 49.6 Å². The third-order valence-electron chi connectivity index (χ3n) is 3.39. The summed E-state index contributed by atoms with van der Waals surface area (Å²) in [5.41, 5.74) is 6.34. The molecule has 0 aromatic heterocycles. The monoisotopic (exact) mass is 412 g/mol. The molecule has 0 heterocycles. The summed E-state index contributed by atoms with van der Waals surface area (Å²) in [5.74, 6) is 6.66. The zero-order valence-electron chi connectivity index (χ0n) is 12.0. The highest BCUT2D eigenvalue weighted by Gasteiger charge is 2.16. The molecule has 5 heteroatoms. The molecule has 0 amide bonds. The van der Waals surface area contributed by atoms with E-state index in [2.05, 4.69) is 56.3 Å². The van der Waals surface area contributed by atoms with Crippen LogP contribution in [-0.2, 0) is 6.42 Å². The Labute approximate surface area is 142 Å². The van der Waals surface area contributed by atoms with E-state index in [1.54, 1.807) is 7.11 Å². The summed E-state index contributed by atoms with van der Waals surface area (Å²) in [7, 11) is 1.69. The molecule has 2 aromatic carbocycles. The zero-order valence-corrected chi connectivity index (χ0v) is 15.2. The van der Waals surface area contributed by atoms with Crippen LogP contribution in [0.2, 0.25) is 0 Å². The van der Waals surface area contributed by atoms with Crippen molar-refractivity contribution in [1.82, 2.24) is 5.43 Å². The van der Waals surface area contributed by atoms with Gasteiger partial charge in [0.1, 0.15) is 5.75 Å². The van der Waals surface area contributed by atoms with E-state index >= 15 is 0 Å². The fraction of sp³-hybridized carbons (Fsp3) is 0.250. The van der Waals surface area contributed by atoms with E-state index in [9.17, 15) is 0 Å². The first-order chi connectivity index (χ1) is 10.0. The first-order valence-electron chi connectivity index (χ1n) is 6.59. The lowest BCUT2D eigenvalue weighted by Crippen LogP contribution is -2.30. The summed E-state index contributed by atoms with van der Waals surface area (Å²) < 4.78 is 7.50. The molecule has 0 aliphatic rings. The SMILES string of the molecule is COc1ccc(C)cc1CC(NN)c1cc(Br)ccc1Br. The second-order valence-corrected chi connectivity index (χ2v) is 6.67. The van der Waals surface area contributed by atoms with Crippen LogP contribution in [0.3, 0.4) is 0 Å². The summed E-state index contributed by atoms with van der Waals surface area (Å²) in [6.07, 6.45) is 0.746. The van der Waals surface area contributed by atoms with E-state index in [1.165, 1.54) is 5.56 Å². The van der Waals surface area contributed by atoms with Crippen LogP contribution in [0.15, 0.2) is 45.3 Å². The first kappa shape index (κ1) is 16.5. The summed E-state index contributed by atoms with van der Waals surface area (Å²) in [6, 6.07) is 12.2. The normalized spacial score (nSPS) is 12.2. The Morgan fingerprint density at radius 3 is 2.62 bits per heavy atom. The molecular weight excluding hydrogens is 396 g/mol. The number of halogens is 2. The van der Waals surface area contributed by atoms with Crippen molar-refractivity contribution >= 4 is 31.9 Å². The van der Waals surface area contributed by atoms with Gasteiger partial charge >= 0.3 is 0 Å². The summed E-state index contributed by atoms with van der Waals surface area (Å²) in [5, 5.41) is 0. The van der Waals surface area contributed by atoms with Gasteiger partial charge < -0.3 is 4.74 Å². The molecular formula is C16H18Br2N2O. The van der Waals surface area contributed by atoms with Gasteiger partial charge in [0.05, 0.1) is 13.2 Å². The van der Waals surface area contributed by atoms with Crippen LogP contribution < -0.4 is 16.0 Å². The van der Waals surface area contributed by atoms with Crippen LogP contribution >= 0.6 is 31.9 Å². The number of methoxy groups -OCH3 is 1. The quantitative estimate of drug-likeness (QED) is 0.568. The van der Waals surface area contributed by atoms with Crippen LogP contribution in [0.5, 0.6) is 5.75 Å². The molecule has 0 spiro atoms. The predicted molar refractivity (Wildman–Crippen MR) is 93.3 cm³/mol. The molecule has 0 aliphatic carbocycles. The fourth-order valence-electron chi connectivity index (χ4n) is 2.33. The molecule has 2 rings (SSSR count). The van der Waals surface area contributed by atoms with E-state index in [-0.39, 0.29) is 6.04 Å². The van der Waals surface area contributed by atoms with Gasteiger partial charge in [0.15, 0.2) is 0 Å². The van der Waals surface area contributed by atoms with E-state index in [0.29, 0.717) is 0 Å². The number of aryl methyl sites for hydroxylation is 1. The zero-order chi connectivity index (χ0) is 15.4. The third-order valence-corrected chi connectivity index (χ3v) is 4.61. The molecule has 0 aliphatic heterocycles. The Morgan fingerprint density at radius 2 is 1.95 bits per heavy atom. The lowest BCUT2D eigenvalue weighted by molar-refractivity contribution is 0.405. The topological polar surface area (TPSA) is 47.3 Å². The highest BCUT2D eigenvalue weighted by atomic mass is 79.9. The summed E-state index contributed by atoms with van der Waals surface area (Å²) >= 11 is 7.09. The average molecular weight is 414 g/mol. The average Bonchev–Trinajstić information content (AvgIpc) is 2.47. The molecule has 0 saturated heterocycles.